The summed E-state index contributed by atoms with van der Waals surface area (Å²) in [5.41, 5.74) is 9.23. The van der Waals surface area contributed by atoms with E-state index in [0.717, 1.165) is 29.9 Å². The molecule has 2 aromatic rings. The van der Waals surface area contributed by atoms with Gasteiger partial charge in [0.1, 0.15) is 17.4 Å². The second-order valence-corrected chi connectivity index (χ2v) is 6.78. The molecule has 0 aromatic heterocycles. The lowest BCUT2D eigenvalue weighted by atomic mass is 9.83. The van der Waals surface area contributed by atoms with E-state index in [4.69, 9.17) is 24.7 Å². The molecule has 29 heavy (non-hydrogen) atoms. The molecule has 2 heterocycles. The molecule has 150 valence electrons. The average molecular weight is 393 g/mol. The Bertz CT molecular complexity index is 1020. The third kappa shape index (κ3) is 3.07. The van der Waals surface area contributed by atoms with Crippen molar-refractivity contribution in [2.75, 3.05) is 31.9 Å². The molecule has 1 unspecified atom stereocenters. The maximum atomic E-state index is 9.79. The average Bonchev–Trinajstić information content (AvgIpc) is 3.21. The number of allylic oxidation sites excluding steroid dienone is 1. The van der Waals surface area contributed by atoms with Crippen molar-refractivity contribution in [1.29, 1.82) is 5.26 Å². The minimum Gasteiger partial charge on any atom is -0.493 e. The summed E-state index contributed by atoms with van der Waals surface area (Å²) in [7, 11) is 1.57. The smallest absolute Gasteiger partial charge is 0.231 e. The maximum Gasteiger partial charge on any atom is 0.231 e. The van der Waals surface area contributed by atoms with E-state index in [-0.39, 0.29) is 12.7 Å². The molecule has 7 nitrogen and oxygen atoms in total. The number of fused-ring (bicyclic) bond motifs is 2. The lowest BCUT2D eigenvalue weighted by Gasteiger charge is -2.29. The number of rotatable bonds is 5. The summed E-state index contributed by atoms with van der Waals surface area (Å²) in [4.78, 5) is 2.22. The van der Waals surface area contributed by atoms with Crippen molar-refractivity contribution in [2.24, 2.45) is 5.73 Å². The number of nitrogens with two attached hydrogens (primary N) is 1. The number of nitriles is 1. The van der Waals surface area contributed by atoms with E-state index in [1.54, 1.807) is 7.11 Å². The molecule has 2 aliphatic rings. The van der Waals surface area contributed by atoms with Crippen LogP contribution in [0.4, 0.5) is 5.69 Å². The van der Waals surface area contributed by atoms with Crippen molar-refractivity contribution in [2.45, 2.75) is 19.8 Å². The second-order valence-electron chi connectivity index (χ2n) is 6.78. The fraction of sp³-hybridized carbons (Fsp3) is 0.318. The van der Waals surface area contributed by atoms with Crippen LogP contribution in [-0.4, -0.2) is 27.0 Å². The van der Waals surface area contributed by atoms with Gasteiger partial charge in [-0.05, 0) is 37.6 Å². The van der Waals surface area contributed by atoms with E-state index in [1.165, 1.54) is 0 Å². The van der Waals surface area contributed by atoms with Crippen LogP contribution in [-0.2, 0) is 0 Å². The molecular weight excluding hydrogens is 370 g/mol. The number of hydrogen-bond donors (Lipinski definition) is 1. The minimum atomic E-state index is -0.391. The Morgan fingerprint density at radius 3 is 2.66 bits per heavy atom. The molecule has 0 saturated heterocycles. The van der Waals surface area contributed by atoms with Gasteiger partial charge in [-0.1, -0.05) is 6.07 Å². The summed E-state index contributed by atoms with van der Waals surface area (Å²) >= 11 is 0. The van der Waals surface area contributed by atoms with Gasteiger partial charge in [0, 0.05) is 30.4 Å². The van der Waals surface area contributed by atoms with Crippen LogP contribution >= 0.6 is 0 Å². The lowest BCUT2D eigenvalue weighted by molar-refractivity contribution is 0.171. The highest BCUT2D eigenvalue weighted by molar-refractivity contribution is 5.64. The zero-order valence-corrected chi connectivity index (χ0v) is 16.7. The van der Waals surface area contributed by atoms with Crippen LogP contribution in [0.1, 0.15) is 30.9 Å². The van der Waals surface area contributed by atoms with Crippen molar-refractivity contribution < 1.29 is 18.9 Å². The summed E-state index contributed by atoms with van der Waals surface area (Å²) in [6.45, 7) is 6.11. The maximum absolute atomic E-state index is 9.79. The number of anilines is 1. The van der Waals surface area contributed by atoms with Gasteiger partial charge in [0.05, 0.1) is 13.0 Å². The van der Waals surface area contributed by atoms with Crippen LogP contribution < -0.4 is 29.6 Å². The molecule has 0 bridgehead atoms. The van der Waals surface area contributed by atoms with Crippen molar-refractivity contribution in [3.8, 4) is 29.1 Å². The van der Waals surface area contributed by atoms with E-state index in [2.05, 4.69) is 24.8 Å². The van der Waals surface area contributed by atoms with E-state index in [0.29, 0.717) is 28.6 Å². The van der Waals surface area contributed by atoms with Crippen molar-refractivity contribution in [3.63, 3.8) is 0 Å². The van der Waals surface area contributed by atoms with Gasteiger partial charge in [-0.2, -0.15) is 5.26 Å². The highest BCUT2D eigenvalue weighted by Crippen LogP contribution is 2.48. The SMILES string of the molecule is CCN(CC)c1ccc2c(c1)OC(N)=C(C#N)C2c1cc(OC)c2c(c1)OCO2. The van der Waals surface area contributed by atoms with Crippen LogP contribution in [0, 0.1) is 11.3 Å². The van der Waals surface area contributed by atoms with E-state index >= 15 is 0 Å². The number of nitrogens with zero attached hydrogens (tertiary/aromatic N) is 2. The predicted molar refractivity (Wildman–Crippen MR) is 108 cm³/mol. The first-order valence-corrected chi connectivity index (χ1v) is 9.55. The molecule has 0 spiro atoms. The van der Waals surface area contributed by atoms with E-state index in [1.807, 2.05) is 30.3 Å². The van der Waals surface area contributed by atoms with Gasteiger partial charge < -0.3 is 29.6 Å². The lowest BCUT2D eigenvalue weighted by Crippen LogP contribution is -2.24. The van der Waals surface area contributed by atoms with Crippen molar-refractivity contribution in [1.82, 2.24) is 0 Å². The Kier molecular flexibility index (Phi) is 4.85. The first-order valence-electron chi connectivity index (χ1n) is 9.55. The quantitative estimate of drug-likeness (QED) is 0.831. The first-order chi connectivity index (χ1) is 14.1. The van der Waals surface area contributed by atoms with Gasteiger partial charge in [-0.3, -0.25) is 0 Å². The van der Waals surface area contributed by atoms with Crippen LogP contribution in [0.2, 0.25) is 0 Å². The molecule has 0 fully saturated rings. The summed E-state index contributed by atoms with van der Waals surface area (Å²) in [5.74, 6) is 2.07. The Hall–Kier alpha value is -3.53. The zero-order valence-electron chi connectivity index (χ0n) is 16.7. The van der Waals surface area contributed by atoms with Gasteiger partial charge in [0.2, 0.25) is 18.4 Å². The number of hydrogen-bond acceptors (Lipinski definition) is 7. The molecule has 2 aromatic carbocycles. The van der Waals surface area contributed by atoms with Crippen LogP contribution in [0.15, 0.2) is 41.8 Å². The molecule has 2 aliphatic heterocycles. The molecule has 0 amide bonds. The van der Waals surface area contributed by atoms with Crippen LogP contribution in [0.3, 0.4) is 0 Å². The fourth-order valence-electron chi connectivity index (χ4n) is 3.89. The number of ether oxygens (including phenoxy) is 4. The Labute approximate surface area is 169 Å². The minimum absolute atomic E-state index is 0.110. The molecular formula is C22H23N3O4. The van der Waals surface area contributed by atoms with E-state index in [9.17, 15) is 5.26 Å². The standard InChI is InChI=1S/C22H23N3O4/c1-4-25(5-2)14-6-7-15-17(10-14)29-22(24)16(11-23)20(15)13-8-18(26-3)21-19(9-13)27-12-28-21/h6-10,20H,4-5,12,24H2,1-3H3. The largest absolute Gasteiger partial charge is 0.493 e. The van der Waals surface area contributed by atoms with Crippen molar-refractivity contribution in [3.05, 3.63) is 52.9 Å². The predicted octanol–water partition coefficient (Wildman–Crippen LogP) is 3.49. The Balaban J connectivity index is 1.87. The molecule has 1 atom stereocenters. The number of benzene rings is 2. The molecule has 0 aliphatic carbocycles. The van der Waals surface area contributed by atoms with Gasteiger partial charge >= 0.3 is 0 Å². The normalized spacial score (nSPS) is 16.7. The highest BCUT2D eigenvalue weighted by Gasteiger charge is 2.33. The second kappa shape index (κ2) is 7.47. The fourth-order valence-corrected chi connectivity index (χ4v) is 3.89. The van der Waals surface area contributed by atoms with Gasteiger partial charge in [-0.25, -0.2) is 0 Å². The summed E-state index contributed by atoms with van der Waals surface area (Å²) < 4.78 is 22.4. The molecule has 0 saturated carbocycles. The topological polar surface area (TPSA) is 90.0 Å². The van der Waals surface area contributed by atoms with Crippen molar-refractivity contribution >= 4 is 5.69 Å². The molecule has 7 heteroatoms. The first kappa shape index (κ1) is 18.8. The molecule has 4 rings (SSSR count). The highest BCUT2D eigenvalue weighted by atomic mass is 16.7. The van der Waals surface area contributed by atoms with Crippen LogP contribution in [0.25, 0.3) is 0 Å². The van der Waals surface area contributed by atoms with E-state index < -0.39 is 5.92 Å². The van der Waals surface area contributed by atoms with Gasteiger partial charge in [0.25, 0.3) is 0 Å². The number of methoxy groups -OCH3 is 1. The third-order valence-electron chi connectivity index (χ3n) is 5.35. The Morgan fingerprint density at radius 1 is 1.17 bits per heavy atom. The Morgan fingerprint density at radius 2 is 1.97 bits per heavy atom. The molecule has 0 radical (unpaired) electrons. The monoisotopic (exact) mass is 393 g/mol. The summed E-state index contributed by atoms with van der Waals surface area (Å²) in [6.07, 6.45) is 0. The molecule has 2 N–H and O–H groups in total. The zero-order chi connectivity index (χ0) is 20.5. The van der Waals surface area contributed by atoms with Crippen LogP contribution in [0.5, 0.6) is 23.0 Å². The summed E-state index contributed by atoms with van der Waals surface area (Å²) in [5, 5.41) is 9.79. The van der Waals surface area contributed by atoms with Gasteiger partial charge in [-0.15, -0.1) is 0 Å². The summed E-state index contributed by atoms with van der Waals surface area (Å²) in [6, 6.07) is 12.0. The van der Waals surface area contributed by atoms with Gasteiger partial charge in [0.15, 0.2) is 11.5 Å². The third-order valence-corrected chi connectivity index (χ3v) is 5.35.